The second-order valence-electron chi connectivity index (χ2n) is 4.46. The Hall–Kier alpha value is -1.86. The summed E-state index contributed by atoms with van der Waals surface area (Å²) in [6.45, 7) is 11.2. The molecule has 1 heteroatoms. The predicted molar refractivity (Wildman–Crippen MR) is 92.7 cm³/mol. The monoisotopic (exact) mass is 453 g/mol. The van der Waals surface area contributed by atoms with Crippen molar-refractivity contribution >= 4 is 0 Å². The molecule has 0 saturated heterocycles. The van der Waals surface area contributed by atoms with Gasteiger partial charge >= 0.3 is 0 Å². The molecule has 0 heterocycles. The first kappa shape index (κ1) is 20.1. The van der Waals surface area contributed by atoms with Crippen molar-refractivity contribution in [1.82, 2.24) is 0 Å². The Balaban J connectivity index is 0.000000294. The fourth-order valence-electron chi connectivity index (χ4n) is 1.43. The van der Waals surface area contributed by atoms with Crippen LogP contribution in [0.4, 0.5) is 0 Å². The Morgan fingerprint density at radius 3 is 0.636 bits per heavy atom. The minimum Gasteiger partial charge on any atom is -0.199 e. The summed E-state index contributed by atoms with van der Waals surface area (Å²) in [5.41, 5.74) is 3.22. The molecule has 0 aromatic heterocycles. The maximum absolute atomic E-state index is 3.72. The summed E-state index contributed by atoms with van der Waals surface area (Å²) in [5.74, 6) is 0. The van der Waals surface area contributed by atoms with Crippen molar-refractivity contribution in [3.63, 3.8) is 0 Å². The van der Waals surface area contributed by atoms with Gasteiger partial charge in [-0.15, -0.1) is 36.4 Å². The number of benzene rings is 3. The van der Waals surface area contributed by atoms with Crippen LogP contribution in [0.5, 0.6) is 0 Å². The standard InChI is InChI=1S/3C7H7.Hf/c3*1-7-5-3-2-4-6-7;/h3*2-6H,1H2;/q3*-1;. The Bertz CT molecular complexity index is 485. The van der Waals surface area contributed by atoms with E-state index in [0.717, 1.165) is 16.7 Å². The zero-order valence-corrected chi connectivity index (χ0v) is 16.4. The molecule has 0 spiro atoms. The van der Waals surface area contributed by atoms with Gasteiger partial charge in [-0.05, 0) is 0 Å². The van der Waals surface area contributed by atoms with Crippen LogP contribution >= 0.6 is 0 Å². The summed E-state index contributed by atoms with van der Waals surface area (Å²) >= 11 is 0. The van der Waals surface area contributed by atoms with Crippen LogP contribution in [0.2, 0.25) is 0 Å². The summed E-state index contributed by atoms with van der Waals surface area (Å²) in [6.07, 6.45) is 0. The molecule has 0 aliphatic heterocycles. The van der Waals surface area contributed by atoms with Gasteiger partial charge in [-0.1, -0.05) is 18.2 Å². The fraction of sp³-hybridized carbons (Fsp3) is 0. The second-order valence-corrected chi connectivity index (χ2v) is 4.46. The molecule has 0 amide bonds. The molecule has 0 atom stereocenters. The first-order valence-electron chi connectivity index (χ1n) is 6.79. The van der Waals surface area contributed by atoms with Crippen LogP contribution in [0.25, 0.3) is 0 Å². The molecule has 3 aromatic rings. The Kier molecular flexibility index (Phi) is 11.8. The predicted octanol–water partition coefficient (Wildman–Crippen LogP) is 5.60. The third-order valence-corrected chi connectivity index (χ3v) is 2.53. The molecule has 3 aromatic carbocycles. The van der Waals surface area contributed by atoms with Gasteiger partial charge in [0.05, 0.1) is 0 Å². The minimum atomic E-state index is 0. The van der Waals surface area contributed by atoms with Crippen molar-refractivity contribution < 1.29 is 25.8 Å². The summed E-state index contributed by atoms with van der Waals surface area (Å²) in [4.78, 5) is 0. The third kappa shape index (κ3) is 10.9. The summed E-state index contributed by atoms with van der Waals surface area (Å²) in [7, 11) is 0. The molecule has 3 rings (SSSR count). The van der Waals surface area contributed by atoms with E-state index in [1.807, 2.05) is 91.0 Å². The largest absolute Gasteiger partial charge is 0.199 e. The summed E-state index contributed by atoms with van der Waals surface area (Å²) < 4.78 is 0. The Labute approximate surface area is 154 Å². The number of hydrogen-bond donors (Lipinski definition) is 0. The van der Waals surface area contributed by atoms with Crippen LogP contribution in [0.3, 0.4) is 0 Å². The first-order valence-corrected chi connectivity index (χ1v) is 6.79. The van der Waals surface area contributed by atoms with Crippen molar-refractivity contribution in [2.75, 3.05) is 0 Å². The quantitative estimate of drug-likeness (QED) is 0.308. The molecule has 0 fully saturated rings. The number of hydrogen-bond acceptors (Lipinski definition) is 0. The van der Waals surface area contributed by atoms with E-state index in [9.17, 15) is 0 Å². The van der Waals surface area contributed by atoms with E-state index < -0.39 is 0 Å². The van der Waals surface area contributed by atoms with Crippen molar-refractivity contribution in [3.8, 4) is 0 Å². The zero-order valence-electron chi connectivity index (χ0n) is 12.8. The van der Waals surface area contributed by atoms with Gasteiger partial charge in [-0.2, -0.15) is 73.9 Å². The van der Waals surface area contributed by atoms with E-state index in [-0.39, 0.29) is 25.8 Å². The van der Waals surface area contributed by atoms with E-state index in [1.54, 1.807) is 0 Å². The average molecular weight is 452 g/mol. The summed E-state index contributed by atoms with van der Waals surface area (Å²) in [5, 5.41) is 0. The molecule has 0 aliphatic rings. The van der Waals surface area contributed by atoms with Gasteiger partial charge in [0.25, 0.3) is 0 Å². The van der Waals surface area contributed by atoms with Gasteiger partial charge in [0.15, 0.2) is 0 Å². The third-order valence-electron chi connectivity index (χ3n) is 2.53. The van der Waals surface area contributed by atoms with Gasteiger partial charge in [0, 0.05) is 25.8 Å². The maximum atomic E-state index is 3.72. The second kappa shape index (κ2) is 12.8. The Morgan fingerprint density at radius 1 is 0.364 bits per heavy atom. The molecule has 0 N–H and O–H groups in total. The molecule has 0 nitrogen and oxygen atoms in total. The minimum absolute atomic E-state index is 0. The molecular weight excluding hydrogens is 431 g/mol. The number of rotatable bonds is 0. The van der Waals surface area contributed by atoms with Gasteiger partial charge < -0.3 is 0 Å². The van der Waals surface area contributed by atoms with Crippen LogP contribution in [0, 0.1) is 20.8 Å². The van der Waals surface area contributed by atoms with Crippen molar-refractivity contribution in [1.29, 1.82) is 0 Å². The van der Waals surface area contributed by atoms with Crippen molar-refractivity contribution in [2.45, 2.75) is 0 Å². The van der Waals surface area contributed by atoms with E-state index in [4.69, 9.17) is 0 Å². The van der Waals surface area contributed by atoms with Crippen LogP contribution in [-0.4, -0.2) is 0 Å². The van der Waals surface area contributed by atoms with Crippen LogP contribution in [-0.2, 0) is 25.8 Å². The van der Waals surface area contributed by atoms with Gasteiger partial charge in [-0.25, -0.2) is 0 Å². The average Bonchev–Trinajstić information content (AvgIpc) is 2.51. The maximum Gasteiger partial charge on any atom is 0 e. The van der Waals surface area contributed by atoms with Gasteiger partial charge in [0.1, 0.15) is 0 Å². The molecule has 22 heavy (non-hydrogen) atoms. The molecular formula is C21H21Hf-3. The Morgan fingerprint density at radius 2 is 0.545 bits per heavy atom. The van der Waals surface area contributed by atoms with Crippen LogP contribution < -0.4 is 0 Å². The topological polar surface area (TPSA) is 0 Å². The molecule has 112 valence electrons. The van der Waals surface area contributed by atoms with Crippen molar-refractivity contribution in [2.24, 2.45) is 0 Å². The molecule has 0 radical (unpaired) electrons. The van der Waals surface area contributed by atoms with Crippen molar-refractivity contribution in [3.05, 3.63) is 128 Å². The van der Waals surface area contributed by atoms with Crippen LogP contribution in [0.1, 0.15) is 16.7 Å². The summed E-state index contributed by atoms with van der Waals surface area (Å²) in [6, 6.07) is 29.6. The SMILES string of the molecule is [CH2-]c1ccccc1.[CH2-]c1ccccc1.[CH2-]c1ccccc1.[Hf]. The normalized spacial score (nSPS) is 8.18. The van der Waals surface area contributed by atoms with Crippen LogP contribution in [0.15, 0.2) is 91.0 Å². The fourth-order valence-corrected chi connectivity index (χ4v) is 1.43. The van der Waals surface area contributed by atoms with E-state index in [0.29, 0.717) is 0 Å². The van der Waals surface area contributed by atoms with E-state index >= 15 is 0 Å². The van der Waals surface area contributed by atoms with E-state index in [1.165, 1.54) is 0 Å². The molecule has 0 aliphatic carbocycles. The van der Waals surface area contributed by atoms with Gasteiger partial charge in [-0.3, -0.25) is 0 Å². The zero-order chi connectivity index (χ0) is 15.3. The first-order chi connectivity index (χ1) is 10.2. The van der Waals surface area contributed by atoms with Gasteiger partial charge in [0.2, 0.25) is 0 Å². The van der Waals surface area contributed by atoms with E-state index in [2.05, 4.69) is 20.8 Å². The molecule has 0 saturated carbocycles. The molecule has 0 unspecified atom stereocenters. The smallest absolute Gasteiger partial charge is 0 e. The molecule has 0 bridgehead atoms.